The van der Waals surface area contributed by atoms with Crippen LogP contribution in [0.2, 0.25) is 5.02 Å². The van der Waals surface area contributed by atoms with E-state index in [9.17, 15) is 9.59 Å². The molecule has 1 atom stereocenters. The van der Waals surface area contributed by atoms with Crippen LogP contribution >= 0.6 is 11.6 Å². The number of halogens is 1. The molecule has 136 valence electrons. The first-order valence-electron chi connectivity index (χ1n) is 8.90. The van der Waals surface area contributed by atoms with Gasteiger partial charge in [-0.05, 0) is 37.0 Å². The van der Waals surface area contributed by atoms with Gasteiger partial charge in [-0.3, -0.25) is 9.59 Å². The summed E-state index contributed by atoms with van der Waals surface area (Å²) in [6.07, 6.45) is 3.14. The summed E-state index contributed by atoms with van der Waals surface area (Å²) < 4.78 is 5.37. The van der Waals surface area contributed by atoms with Crippen LogP contribution in [-0.4, -0.2) is 54.5 Å². The van der Waals surface area contributed by atoms with Gasteiger partial charge in [0, 0.05) is 44.7 Å². The van der Waals surface area contributed by atoms with Crippen molar-refractivity contribution in [1.82, 2.24) is 9.80 Å². The van der Waals surface area contributed by atoms with E-state index in [4.69, 9.17) is 16.3 Å². The Hall–Kier alpha value is -1.59. The number of hydrogen-bond acceptors (Lipinski definition) is 3. The summed E-state index contributed by atoms with van der Waals surface area (Å²) >= 11 is 5.91. The van der Waals surface area contributed by atoms with Crippen LogP contribution < -0.4 is 0 Å². The highest BCUT2D eigenvalue weighted by molar-refractivity contribution is 6.30. The lowest BCUT2D eigenvalue weighted by Gasteiger charge is -2.37. The predicted molar refractivity (Wildman–Crippen MR) is 96.2 cm³/mol. The van der Waals surface area contributed by atoms with Gasteiger partial charge in [0.1, 0.15) is 0 Å². The van der Waals surface area contributed by atoms with E-state index in [0.29, 0.717) is 31.0 Å². The van der Waals surface area contributed by atoms with Crippen LogP contribution in [0.1, 0.15) is 31.2 Å². The molecule has 1 aromatic rings. The molecule has 1 unspecified atom stereocenters. The molecule has 2 heterocycles. The lowest BCUT2D eigenvalue weighted by molar-refractivity contribution is -0.145. The van der Waals surface area contributed by atoms with Crippen LogP contribution in [0.4, 0.5) is 0 Å². The maximum atomic E-state index is 12.8. The van der Waals surface area contributed by atoms with Gasteiger partial charge >= 0.3 is 0 Å². The summed E-state index contributed by atoms with van der Waals surface area (Å²) in [5.41, 5.74) is 1.03. The number of carbonyl (C=O) groups excluding carboxylic acids is 2. The Kier molecular flexibility index (Phi) is 5.97. The van der Waals surface area contributed by atoms with Crippen LogP contribution in [-0.2, 0) is 20.9 Å². The van der Waals surface area contributed by atoms with Gasteiger partial charge in [-0.15, -0.1) is 0 Å². The van der Waals surface area contributed by atoms with E-state index in [-0.39, 0.29) is 23.8 Å². The molecule has 2 aliphatic rings. The van der Waals surface area contributed by atoms with E-state index in [0.717, 1.165) is 31.5 Å². The smallest absolute Gasteiger partial charge is 0.227 e. The molecular weight excluding hydrogens is 340 g/mol. The first kappa shape index (κ1) is 18.2. The number of likely N-dealkylation sites (tertiary alicyclic amines) is 2. The molecule has 2 fully saturated rings. The fourth-order valence-corrected chi connectivity index (χ4v) is 3.78. The SMILES string of the molecule is COC1CCN(C(=O)C2CCC(=O)N(Cc3ccc(Cl)cc3)C2)CC1. The summed E-state index contributed by atoms with van der Waals surface area (Å²) in [6, 6.07) is 7.51. The molecule has 0 spiro atoms. The normalized spacial score (nSPS) is 22.3. The molecule has 2 aliphatic heterocycles. The maximum Gasteiger partial charge on any atom is 0.227 e. The van der Waals surface area contributed by atoms with E-state index in [1.165, 1.54) is 0 Å². The van der Waals surface area contributed by atoms with Gasteiger partial charge in [0.05, 0.1) is 12.0 Å². The summed E-state index contributed by atoms with van der Waals surface area (Å²) in [4.78, 5) is 28.8. The fraction of sp³-hybridized carbons (Fsp3) is 0.579. The summed E-state index contributed by atoms with van der Waals surface area (Å²) in [5, 5.41) is 0.682. The predicted octanol–water partition coefficient (Wildman–Crippen LogP) is 2.72. The van der Waals surface area contributed by atoms with Crippen molar-refractivity contribution in [3.63, 3.8) is 0 Å². The number of methoxy groups -OCH3 is 1. The van der Waals surface area contributed by atoms with Crippen molar-refractivity contribution in [1.29, 1.82) is 0 Å². The van der Waals surface area contributed by atoms with Gasteiger partial charge in [0.15, 0.2) is 0 Å². The first-order chi connectivity index (χ1) is 12.1. The Morgan fingerprint density at radius 1 is 1.20 bits per heavy atom. The molecule has 2 saturated heterocycles. The van der Waals surface area contributed by atoms with E-state index >= 15 is 0 Å². The largest absolute Gasteiger partial charge is 0.381 e. The second-order valence-electron chi connectivity index (χ2n) is 6.90. The van der Waals surface area contributed by atoms with E-state index in [1.807, 2.05) is 29.2 Å². The summed E-state index contributed by atoms with van der Waals surface area (Å²) in [7, 11) is 1.73. The Morgan fingerprint density at radius 2 is 1.88 bits per heavy atom. The lowest BCUT2D eigenvalue weighted by atomic mass is 9.94. The molecule has 0 bridgehead atoms. The minimum absolute atomic E-state index is 0.0934. The van der Waals surface area contributed by atoms with Crippen molar-refractivity contribution in [2.45, 2.75) is 38.3 Å². The molecule has 3 rings (SSSR count). The molecule has 6 heteroatoms. The van der Waals surface area contributed by atoms with Crippen LogP contribution in [0.3, 0.4) is 0 Å². The third-order valence-electron chi connectivity index (χ3n) is 5.22. The van der Waals surface area contributed by atoms with Gasteiger partial charge in [0.25, 0.3) is 0 Å². The molecule has 25 heavy (non-hydrogen) atoms. The number of nitrogens with zero attached hydrogens (tertiary/aromatic N) is 2. The molecule has 0 saturated carbocycles. The van der Waals surface area contributed by atoms with Crippen molar-refractivity contribution in [3.8, 4) is 0 Å². The van der Waals surface area contributed by atoms with Crippen molar-refractivity contribution < 1.29 is 14.3 Å². The molecular formula is C19H25ClN2O3. The summed E-state index contributed by atoms with van der Waals surface area (Å²) in [6.45, 7) is 2.54. The Balaban J connectivity index is 1.59. The minimum atomic E-state index is -0.0934. The topological polar surface area (TPSA) is 49.9 Å². The third kappa shape index (κ3) is 4.53. The summed E-state index contributed by atoms with van der Waals surface area (Å²) in [5.74, 6) is 0.212. The van der Waals surface area contributed by atoms with Crippen LogP contribution in [0, 0.1) is 5.92 Å². The average Bonchev–Trinajstić information content (AvgIpc) is 2.65. The number of ether oxygens (including phenoxy) is 1. The number of hydrogen-bond donors (Lipinski definition) is 0. The van der Waals surface area contributed by atoms with Crippen molar-refractivity contribution in [3.05, 3.63) is 34.9 Å². The zero-order chi connectivity index (χ0) is 17.8. The van der Waals surface area contributed by atoms with Gasteiger partial charge in [-0.25, -0.2) is 0 Å². The van der Waals surface area contributed by atoms with Crippen LogP contribution in [0.5, 0.6) is 0 Å². The van der Waals surface area contributed by atoms with E-state index in [2.05, 4.69) is 0 Å². The molecule has 0 aliphatic carbocycles. The van der Waals surface area contributed by atoms with Gasteiger partial charge < -0.3 is 14.5 Å². The van der Waals surface area contributed by atoms with E-state index < -0.39 is 0 Å². The Labute approximate surface area is 153 Å². The average molecular weight is 365 g/mol. The van der Waals surface area contributed by atoms with Gasteiger partial charge in [0.2, 0.25) is 11.8 Å². The molecule has 2 amide bonds. The molecule has 0 radical (unpaired) electrons. The highest BCUT2D eigenvalue weighted by atomic mass is 35.5. The molecule has 1 aromatic carbocycles. The van der Waals surface area contributed by atoms with Crippen molar-refractivity contribution in [2.75, 3.05) is 26.7 Å². The highest BCUT2D eigenvalue weighted by Gasteiger charge is 2.34. The van der Waals surface area contributed by atoms with Crippen molar-refractivity contribution in [2.24, 2.45) is 5.92 Å². The number of benzene rings is 1. The quantitative estimate of drug-likeness (QED) is 0.825. The van der Waals surface area contributed by atoms with Crippen LogP contribution in [0.15, 0.2) is 24.3 Å². The third-order valence-corrected chi connectivity index (χ3v) is 5.48. The van der Waals surface area contributed by atoms with Gasteiger partial charge in [-0.2, -0.15) is 0 Å². The Bertz CT molecular complexity index is 612. The number of carbonyl (C=O) groups is 2. The van der Waals surface area contributed by atoms with E-state index in [1.54, 1.807) is 12.0 Å². The first-order valence-corrected chi connectivity index (χ1v) is 9.28. The monoisotopic (exact) mass is 364 g/mol. The second kappa shape index (κ2) is 8.19. The number of amides is 2. The second-order valence-corrected chi connectivity index (χ2v) is 7.33. The maximum absolute atomic E-state index is 12.8. The fourth-order valence-electron chi connectivity index (χ4n) is 3.65. The lowest BCUT2D eigenvalue weighted by Crippen LogP contribution is -2.49. The molecule has 5 nitrogen and oxygen atoms in total. The highest BCUT2D eigenvalue weighted by Crippen LogP contribution is 2.24. The molecule has 0 N–H and O–H groups in total. The zero-order valence-corrected chi connectivity index (χ0v) is 15.4. The number of rotatable bonds is 4. The van der Waals surface area contributed by atoms with Crippen molar-refractivity contribution >= 4 is 23.4 Å². The number of piperidine rings is 2. The Morgan fingerprint density at radius 3 is 2.52 bits per heavy atom. The molecule has 0 aromatic heterocycles. The van der Waals surface area contributed by atoms with Gasteiger partial charge in [-0.1, -0.05) is 23.7 Å². The minimum Gasteiger partial charge on any atom is -0.381 e. The van der Waals surface area contributed by atoms with Crippen LogP contribution in [0.25, 0.3) is 0 Å². The standard InChI is InChI=1S/C19H25ClN2O3/c1-25-17-8-10-21(11-9-17)19(24)15-4-7-18(23)22(13-15)12-14-2-5-16(20)6-3-14/h2-3,5-6,15,17H,4,7-13H2,1H3. The zero-order valence-electron chi connectivity index (χ0n) is 14.6.